The molecule has 53 heavy (non-hydrogen) atoms. The molecule has 5 atom stereocenters. The summed E-state index contributed by atoms with van der Waals surface area (Å²) in [5.74, 6) is -3.10. The first-order valence-corrected chi connectivity index (χ1v) is 18.4. The molecule has 0 bridgehead atoms. The van der Waals surface area contributed by atoms with Crippen molar-refractivity contribution in [3.8, 4) is 41.2 Å². The molecule has 2 aliphatic carbocycles. The molecule has 8 rings (SSSR count). The van der Waals surface area contributed by atoms with E-state index in [0.717, 1.165) is 38.6 Å². The highest BCUT2D eigenvalue weighted by molar-refractivity contribution is 6.04. The summed E-state index contributed by atoms with van der Waals surface area (Å²) in [6, 6.07) is 5.28. The fourth-order valence-corrected chi connectivity index (χ4v) is 9.41. The summed E-state index contributed by atoms with van der Waals surface area (Å²) in [5, 5.41) is 22.5. The second kappa shape index (κ2) is 12.9. The smallest absolute Gasteiger partial charge is 0.319 e. The minimum Gasteiger partial charge on any atom is -0.508 e. The number of ether oxygens (including phenoxy) is 2. The van der Waals surface area contributed by atoms with E-state index in [-0.39, 0.29) is 81.2 Å². The molecule has 5 unspecified atom stereocenters. The molecular weight excluding hydrogens is 690 g/mol. The Hall–Kier alpha value is -4.41. The SMILES string of the molecule is C#Cc1c(F)ccc2cc(O)cc(-c3nc(OC)c4c(N5CCCC(C)(O)C5)nc(OCC56CCCC5N(CC5C(C)C5(F)F)CCC6)nc4c3F)c12. The van der Waals surface area contributed by atoms with Gasteiger partial charge in [0, 0.05) is 53.9 Å². The number of methoxy groups -OCH3 is 1. The Kier molecular flexibility index (Phi) is 8.65. The van der Waals surface area contributed by atoms with Gasteiger partial charge in [-0.15, -0.1) is 6.42 Å². The third-order valence-corrected chi connectivity index (χ3v) is 12.3. The van der Waals surface area contributed by atoms with Crippen molar-refractivity contribution >= 4 is 27.5 Å². The number of alkyl halides is 2. The molecule has 2 N–H and O–H groups in total. The molecule has 9 nitrogen and oxygen atoms in total. The predicted molar refractivity (Wildman–Crippen MR) is 192 cm³/mol. The molecule has 2 aromatic heterocycles. The second-order valence-electron chi connectivity index (χ2n) is 15.7. The summed E-state index contributed by atoms with van der Waals surface area (Å²) in [4.78, 5) is 18.0. The first kappa shape index (κ1) is 35.6. The lowest BCUT2D eigenvalue weighted by Crippen LogP contribution is -2.52. The fraction of sp³-hybridized carbons (Fsp3) is 0.525. The normalized spacial score (nSPS) is 28.2. The number of aliphatic hydroxyl groups is 1. The van der Waals surface area contributed by atoms with E-state index < -0.39 is 35.0 Å². The van der Waals surface area contributed by atoms with Gasteiger partial charge < -0.3 is 24.6 Å². The summed E-state index contributed by atoms with van der Waals surface area (Å²) < 4.78 is 73.1. The van der Waals surface area contributed by atoms with Crippen LogP contribution in [0, 0.1) is 41.2 Å². The van der Waals surface area contributed by atoms with E-state index in [1.54, 1.807) is 13.8 Å². The van der Waals surface area contributed by atoms with Crippen LogP contribution < -0.4 is 14.4 Å². The van der Waals surface area contributed by atoms with E-state index in [9.17, 15) is 19.0 Å². The molecule has 2 saturated carbocycles. The molecule has 2 saturated heterocycles. The molecule has 4 aliphatic rings. The predicted octanol–water partition coefficient (Wildman–Crippen LogP) is 7.08. The van der Waals surface area contributed by atoms with Crippen molar-refractivity contribution in [1.29, 1.82) is 0 Å². The van der Waals surface area contributed by atoms with Crippen molar-refractivity contribution < 1.29 is 37.2 Å². The van der Waals surface area contributed by atoms with Crippen molar-refractivity contribution in [3.63, 3.8) is 0 Å². The summed E-state index contributed by atoms with van der Waals surface area (Å²) in [7, 11) is 1.38. The number of terminal acetylenes is 1. The lowest BCUT2D eigenvalue weighted by atomic mass is 9.75. The molecule has 2 aromatic carbocycles. The number of benzene rings is 2. The van der Waals surface area contributed by atoms with Crippen LogP contribution in [-0.4, -0.2) is 87.5 Å². The van der Waals surface area contributed by atoms with Gasteiger partial charge in [-0.3, -0.25) is 4.90 Å². The van der Waals surface area contributed by atoms with Gasteiger partial charge in [-0.05, 0) is 75.6 Å². The van der Waals surface area contributed by atoms with E-state index in [0.29, 0.717) is 31.3 Å². The number of hydrogen-bond acceptors (Lipinski definition) is 9. The van der Waals surface area contributed by atoms with Gasteiger partial charge in [-0.1, -0.05) is 25.3 Å². The number of aromatic hydroxyl groups is 1. The minimum atomic E-state index is -2.64. The van der Waals surface area contributed by atoms with Crippen LogP contribution in [0.1, 0.15) is 64.4 Å². The zero-order chi connectivity index (χ0) is 37.4. The van der Waals surface area contributed by atoms with Crippen LogP contribution in [0.15, 0.2) is 24.3 Å². The maximum atomic E-state index is 17.2. The number of phenolic OH excluding ortho intramolecular Hbond substituents is 1. The number of fused-ring (bicyclic) bond motifs is 3. The Labute approximate surface area is 305 Å². The fourth-order valence-electron chi connectivity index (χ4n) is 9.41. The Morgan fingerprint density at radius 1 is 1.04 bits per heavy atom. The van der Waals surface area contributed by atoms with Crippen molar-refractivity contribution in [2.45, 2.75) is 76.4 Å². The number of β-amino-alcohol motifs (C(OH)–C–C–N with tert-alkyl or cyclic N) is 1. The first-order chi connectivity index (χ1) is 25.3. The van der Waals surface area contributed by atoms with Crippen LogP contribution in [0.25, 0.3) is 32.9 Å². The van der Waals surface area contributed by atoms with Gasteiger partial charge in [0.05, 0.1) is 24.9 Å². The highest BCUT2D eigenvalue weighted by Gasteiger charge is 2.66. The average Bonchev–Trinajstić information content (AvgIpc) is 3.39. The van der Waals surface area contributed by atoms with Gasteiger partial charge in [0.2, 0.25) is 5.88 Å². The molecule has 2 aliphatic heterocycles. The number of nitrogens with zero attached hydrogens (tertiary/aromatic N) is 5. The summed E-state index contributed by atoms with van der Waals surface area (Å²) in [6.07, 6.45) is 11.3. The van der Waals surface area contributed by atoms with Gasteiger partial charge in [0.15, 0.2) is 5.82 Å². The lowest BCUT2D eigenvalue weighted by Gasteiger charge is -2.46. The molecular formula is C40H43F4N5O4. The number of phenols is 1. The molecule has 0 amide bonds. The van der Waals surface area contributed by atoms with E-state index in [4.69, 9.17) is 20.9 Å². The number of rotatable bonds is 8. The van der Waals surface area contributed by atoms with Crippen LogP contribution in [0.4, 0.5) is 23.4 Å². The first-order valence-electron chi connectivity index (χ1n) is 18.4. The molecule has 0 radical (unpaired) electrons. The highest BCUT2D eigenvalue weighted by Crippen LogP contribution is 2.57. The number of halogens is 4. The minimum absolute atomic E-state index is 0.0261. The van der Waals surface area contributed by atoms with Crippen LogP contribution in [0.2, 0.25) is 0 Å². The van der Waals surface area contributed by atoms with Crippen molar-refractivity contribution in [1.82, 2.24) is 19.9 Å². The van der Waals surface area contributed by atoms with Gasteiger partial charge in [-0.25, -0.2) is 22.5 Å². The maximum Gasteiger partial charge on any atom is 0.319 e. The highest BCUT2D eigenvalue weighted by atomic mass is 19.3. The van der Waals surface area contributed by atoms with E-state index in [1.165, 1.54) is 31.4 Å². The lowest BCUT2D eigenvalue weighted by molar-refractivity contribution is -0.0102. The van der Waals surface area contributed by atoms with Crippen LogP contribution in [-0.2, 0) is 0 Å². The van der Waals surface area contributed by atoms with Gasteiger partial charge in [-0.2, -0.15) is 9.97 Å². The number of anilines is 1. The van der Waals surface area contributed by atoms with E-state index in [1.807, 2.05) is 4.90 Å². The zero-order valence-electron chi connectivity index (χ0n) is 30.1. The molecule has 13 heteroatoms. The quantitative estimate of drug-likeness (QED) is 0.145. The van der Waals surface area contributed by atoms with E-state index >= 15 is 8.78 Å². The number of pyridine rings is 1. The molecule has 0 spiro atoms. The van der Waals surface area contributed by atoms with E-state index in [2.05, 4.69) is 20.8 Å². The zero-order valence-corrected chi connectivity index (χ0v) is 30.1. The Morgan fingerprint density at radius 2 is 1.79 bits per heavy atom. The molecule has 4 fully saturated rings. The van der Waals surface area contributed by atoms with Crippen molar-refractivity contribution in [2.75, 3.05) is 44.8 Å². The average molecular weight is 734 g/mol. The van der Waals surface area contributed by atoms with Gasteiger partial charge in [0.25, 0.3) is 5.92 Å². The molecule has 280 valence electrons. The topological polar surface area (TPSA) is 104 Å². The van der Waals surface area contributed by atoms with Gasteiger partial charge >= 0.3 is 6.01 Å². The third-order valence-electron chi connectivity index (χ3n) is 12.3. The molecule has 4 aromatic rings. The Bertz CT molecular complexity index is 2160. The Balaban J connectivity index is 1.24. The van der Waals surface area contributed by atoms with Crippen LogP contribution in [0.5, 0.6) is 17.6 Å². The number of likely N-dealkylation sites (tertiary alicyclic amines) is 1. The maximum absolute atomic E-state index is 17.2. The third kappa shape index (κ3) is 5.98. The van der Waals surface area contributed by atoms with Crippen LogP contribution in [0.3, 0.4) is 0 Å². The number of aromatic nitrogens is 3. The van der Waals surface area contributed by atoms with Crippen molar-refractivity contribution in [2.24, 2.45) is 17.3 Å². The summed E-state index contributed by atoms with van der Waals surface area (Å²) >= 11 is 0. The number of hydrogen-bond donors (Lipinski definition) is 2. The Morgan fingerprint density at radius 3 is 2.51 bits per heavy atom. The van der Waals surface area contributed by atoms with Crippen LogP contribution >= 0.6 is 0 Å². The molecule has 4 heterocycles. The second-order valence-corrected chi connectivity index (χ2v) is 15.7. The van der Waals surface area contributed by atoms with Crippen molar-refractivity contribution in [3.05, 3.63) is 41.5 Å². The van der Waals surface area contributed by atoms with Gasteiger partial charge in [0.1, 0.15) is 34.0 Å². The number of piperidine rings is 2. The standard InChI is InChI=1S/C40H43F4N5O4/c1-5-25-28(41)11-10-23-17-24(50)18-26(30(23)25)33-32(42)34-31(36(45-33)52-4)35(49-16-7-12-38(3,51)20-49)47-37(46-34)53-21-39-13-6-9-29(39)48(15-8-14-39)19-27-22(2)40(27,43)44/h1,10-11,17-18,22,27,29,50-51H,6-9,12-16,19-21H2,2-4H3. The summed E-state index contributed by atoms with van der Waals surface area (Å²) in [5.41, 5.74) is -1.89. The summed E-state index contributed by atoms with van der Waals surface area (Å²) in [6.45, 7) is 5.36. The monoisotopic (exact) mass is 733 g/mol. The largest absolute Gasteiger partial charge is 0.508 e.